The number of carbonyl (C=O) groups is 2. The van der Waals surface area contributed by atoms with Crippen molar-refractivity contribution < 1.29 is 14.7 Å². The number of nitrogens with one attached hydrogen (secondary N) is 2. The number of piperidine rings is 1. The second-order valence-electron chi connectivity index (χ2n) is 8.51. The number of halogens is 1. The van der Waals surface area contributed by atoms with Crippen molar-refractivity contribution in [1.82, 2.24) is 10.2 Å². The van der Waals surface area contributed by atoms with Crippen LogP contribution in [0.3, 0.4) is 0 Å². The summed E-state index contributed by atoms with van der Waals surface area (Å²) in [5, 5.41) is 16.4. The van der Waals surface area contributed by atoms with Crippen LogP contribution in [-0.4, -0.2) is 47.0 Å². The number of rotatable bonds is 5. The number of nitrogens with zero attached hydrogens (tertiary/aromatic N) is 1. The lowest BCUT2D eigenvalue weighted by Crippen LogP contribution is -2.52. The van der Waals surface area contributed by atoms with Gasteiger partial charge in [-0.2, -0.15) is 0 Å². The minimum atomic E-state index is -0.190. The third-order valence-electron chi connectivity index (χ3n) is 6.48. The predicted molar refractivity (Wildman–Crippen MR) is 115 cm³/mol. The van der Waals surface area contributed by atoms with Gasteiger partial charge >= 0.3 is 0 Å². The first kappa shape index (κ1) is 21.9. The number of aromatic hydroxyl groups is 1. The summed E-state index contributed by atoms with van der Waals surface area (Å²) in [6.45, 7) is 5.58. The first-order valence-electron chi connectivity index (χ1n) is 10.7. The molecule has 3 atom stereocenters. The van der Waals surface area contributed by atoms with Crippen LogP contribution >= 0.6 is 11.6 Å². The fourth-order valence-corrected chi connectivity index (χ4v) is 4.56. The molecule has 3 unspecified atom stereocenters. The fraction of sp³-hybridized carbons (Fsp3) is 0.636. The van der Waals surface area contributed by atoms with Crippen LogP contribution < -0.4 is 10.6 Å². The highest BCUT2D eigenvalue weighted by molar-refractivity contribution is 6.31. The molecule has 1 aliphatic heterocycles. The van der Waals surface area contributed by atoms with Gasteiger partial charge in [0.25, 0.3) is 0 Å². The van der Waals surface area contributed by atoms with Gasteiger partial charge < -0.3 is 15.7 Å². The second kappa shape index (κ2) is 9.81. The molecular weight excluding hydrogens is 390 g/mol. The van der Waals surface area contributed by atoms with Crippen molar-refractivity contribution in [2.24, 2.45) is 11.8 Å². The zero-order chi connectivity index (χ0) is 21.0. The molecule has 2 amide bonds. The molecule has 6 nitrogen and oxygen atoms in total. The third-order valence-corrected chi connectivity index (χ3v) is 6.72. The summed E-state index contributed by atoms with van der Waals surface area (Å²) >= 11 is 5.94. The number of likely N-dealkylation sites (tertiary alicyclic amines) is 1. The van der Waals surface area contributed by atoms with Crippen LogP contribution in [0.4, 0.5) is 5.69 Å². The molecule has 0 spiro atoms. The number of hydrogen-bond donors (Lipinski definition) is 3. The van der Waals surface area contributed by atoms with E-state index in [1.54, 1.807) is 12.1 Å². The van der Waals surface area contributed by atoms with Gasteiger partial charge in [0.2, 0.25) is 11.8 Å². The molecule has 29 heavy (non-hydrogen) atoms. The standard InChI is InChI=1S/C22H32ClN3O3/c1-14-5-3-4-6-18(14)24-21(28)15(2)26-11-9-16(10-12-26)22(29)25-19-13-17(23)7-8-20(19)27/h7-8,13-16,18,27H,3-6,9-12H2,1-2H3,(H,24,28)(H,25,29). The fourth-order valence-electron chi connectivity index (χ4n) is 4.39. The first-order valence-corrected chi connectivity index (χ1v) is 11.1. The van der Waals surface area contributed by atoms with Crippen LogP contribution in [0.1, 0.15) is 52.4 Å². The minimum Gasteiger partial charge on any atom is -0.506 e. The molecule has 1 aliphatic carbocycles. The average molecular weight is 422 g/mol. The zero-order valence-electron chi connectivity index (χ0n) is 17.3. The summed E-state index contributed by atoms with van der Waals surface area (Å²) < 4.78 is 0. The molecule has 2 aliphatic rings. The lowest BCUT2D eigenvalue weighted by molar-refractivity contribution is -0.128. The SMILES string of the molecule is CC1CCCCC1NC(=O)C(C)N1CCC(C(=O)Nc2cc(Cl)ccc2O)CC1. The van der Waals surface area contributed by atoms with Crippen molar-refractivity contribution in [1.29, 1.82) is 0 Å². The maximum atomic E-state index is 12.7. The maximum absolute atomic E-state index is 12.7. The number of benzene rings is 1. The summed E-state index contributed by atoms with van der Waals surface area (Å²) in [4.78, 5) is 27.4. The van der Waals surface area contributed by atoms with Gasteiger partial charge in [-0.25, -0.2) is 0 Å². The Morgan fingerprint density at radius 2 is 1.86 bits per heavy atom. The lowest BCUT2D eigenvalue weighted by atomic mass is 9.86. The van der Waals surface area contributed by atoms with Crippen molar-refractivity contribution in [2.75, 3.05) is 18.4 Å². The summed E-state index contributed by atoms with van der Waals surface area (Å²) in [6.07, 6.45) is 6.06. The number of carbonyl (C=O) groups excluding carboxylic acids is 2. The molecular formula is C22H32ClN3O3. The van der Waals surface area contributed by atoms with E-state index in [1.165, 1.54) is 25.3 Å². The van der Waals surface area contributed by atoms with Crippen molar-refractivity contribution in [3.63, 3.8) is 0 Å². The van der Waals surface area contributed by atoms with Crippen molar-refractivity contribution in [3.8, 4) is 5.75 Å². The van der Waals surface area contributed by atoms with Gasteiger partial charge in [-0.05, 0) is 69.8 Å². The van der Waals surface area contributed by atoms with Gasteiger partial charge in [-0.15, -0.1) is 0 Å². The van der Waals surface area contributed by atoms with Gasteiger partial charge in [0.05, 0.1) is 11.7 Å². The van der Waals surface area contributed by atoms with Crippen LogP contribution in [-0.2, 0) is 9.59 Å². The van der Waals surface area contributed by atoms with E-state index in [0.717, 1.165) is 6.42 Å². The molecule has 1 saturated heterocycles. The van der Waals surface area contributed by atoms with Gasteiger partial charge in [0, 0.05) is 17.0 Å². The van der Waals surface area contributed by atoms with Crippen molar-refractivity contribution >= 4 is 29.1 Å². The summed E-state index contributed by atoms with van der Waals surface area (Å²) in [6, 6.07) is 4.68. The average Bonchev–Trinajstić information content (AvgIpc) is 2.72. The molecule has 0 radical (unpaired) electrons. The highest BCUT2D eigenvalue weighted by atomic mass is 35.5. The van der Waals surface area contributed by atoms with Gasteiger partial charge in [-0.3, -0.25) is 14.5 Å². The molecule has 1 saturated carbocycles. The Morgan fingerprint density at radius 3 is 2.55 bits per heavy atom. The lowest BCUT2D eigenvalue weighted by Gasteiger charge is -2.36. The second-order valence-corrected chi connectivity index (χ2v) is 8.95. The Morgan fingerprint density at radius 1 is 1.17 bits per heavy atom. The van der Waals surface area contributed by atoms with E-state index in [4.69, 9.17) is 11.6 Å². The van der Waals surface area contributed by atoms with Crippen LogP contribution in [0.5, 0.6) is 5.75 Å². The Kier molecular flexibility index (Phi) is 7.41. The maximum Gasteiger partial charge on any atom is 0.237 e. The van der Waals surface area contributed by atoms with Gasteiger partial charge in [0.1, 0.15) is 5.75 Å². The van der Waals surface area contributed by atoms with Crippen molar-refractivity contribution in [2.45, 2.75) is 64.5 Å². The van der Waals surface area contributed by atoms with Crippen LogP contribution in [0.15, 0.2) is 18.2 Å². The van der Waals surface area contributed by atoms with Crippen LogP contribution in [0, 0.1) is 11.8 Å². The zero-order valence-corrected chi connectivity index (χ0v) is 18.0. The van der Waals surface area contributed by atoms with E-state index < -0.39 is 0 Å². The normalized spacial score (nSPS) is 24.7. The Hall–Kier alpha value is -1.79. The summed E-state index contributed by atoms with van der Waals surface area (Å²) in [5.41, 5.74) is 0.333. The Labute approximate surface area is 178 Å². The quantitative estimate of drug-likeness (QED) is 0.632. The van der Waals surface area contributed by atoms with E-state index in [9.17, 15) is 14.7 Å². The molecule has 7 heteroatoms. The van der Waals surface area contributed by atoms with E-state index in [-0.39, 0.29) is 35.6 Å². The monoisotopic (exact) mass is 421 g/mol. The van der Waals surface area contributed by atoms with Crippen LogP contribution in [0.2, 0.25) is 5.02 Å². The Bertz CT molecular complexity index is 734. The molecule has 1 aromatic carbocycles. The minimum absolute atomic E-state index is 0.00224. The smallest absolute Gasteiger partial charge is 0.237 e. The number of amides is 2. The molecule has 0 bridgehead atoms. The third kappa shape index (κ3) is 5.64. The Balaban J connectivity index is 1.48. The molecule has 3 N–H and O–H groups in total. The molecule has 3 rings (SSSR count). The number of phenols is 1. The molecule has 2 fully saturated rings. The van der Waals surface area contributed by atoms with E-state index >= 15 is 0 Å². The van der Waals surface area contributed by atoms with E-state index in [1.807, 2.05) is 6.92 Å². The largest absolute Gasteiger partial charge is 0.506 e. The number of phenolic OH excluding ortho intramolecular Hbond substituents is 1. The van der Waals surface area contributed by atoms with Crippen LogP contribution in [0.25, 0.3) is 0 Å². The van der Waals surface area contributed by atoms with Gasteiger partial charge in [0.15, 0.2) is 0 Å². The highest BCUT2D eigenvalue weighted by Gasteiger charge is 2.31. The summed E-state index contributed by atoms with van der Waals surface area (Å²) in [7, 11) is 0. The molecule has 1 aromatic rings. The van der Waals surface area contributed by atoms with Gasteiger partial charge in [-0.1, -0.05) is 31.4 Å². The predicted octanol–water partition coefficient (Wildman–Crippen LogP) is 3.78. The van der Waals surface area contributed by atoms with E-state index in [0.29, 0.717) is 42.6 Å². The highest BCUT2D eigenvalue weighted by Crippen LogP contribution is 2.29. The molecule has 160 valence electrons. The first-order chi connectivity index (χ1) is 13.8. The summed E-state index contributed by atoms with van der Waals surface area (Å²) in [5.74, 6) is 0.378. The molecule has 1 heterocycles. The van der Waals surface area contributed by atoms with E-state index in [2.05, 4.69) is 22.5 Å². The van der Waals surface area contributed by atoms with Crippen molar-refractivity contribution in [3.05, 3.63) is 23.2 Å². The molecule has 0 aromatic heterocycles. The number of hydrogen-bond acceptors (Lipinski definition) is 4. The topological polar surface area (TPSA) is 81.7 Å². The number of anilines is 1.